The van der Waals surface area contributed by atoms with Gasteiger partial charge in [-0.3, -0.25) is 0 Å². The molecule has 1 aromatic rings. The van der Waals surface area contributed by atoms with Crippen LogP contribution >= 0.6 is 12.2 Å². The maximum atomic E-state index is 12.8. The number of hydrogen-bond donors (Lipinski definition) is 2. The molecule has 0 aromatic heterocycles. The number of esters is 1. The molecule has 0 spiro atoms. The van der Waals surface area contributed by atoms with Gasteiger partial charge in [0.05, 0.1) is 25.8 Å². The summed E-state index contributed by atoms with van der Waals surface area (Å²) < 4.78 is 16.3. The summed E-state index contributed by atoms with van der Waals surface area (Å²) in [6.45, 7) is 7.30. The molecule has 0 fully saturated rings. The quantitative estimate of drug-likeness (QED) is 0.629. The Bertz CT molecular complexity index is 722. The predicted octanol–water partition coefficient (Wildman–Crippen LogP) is 2.84. The third-order valence-electron chi connectivity index (χ3n) is 3.64. The van der Waals surface area contributed by atoms with Gasteiger partial charge < -0.3 is 24.8 Å². The number of methoxy groups -OCH3 is 2. The highest BCUT2D eigenvalue weighted by Crippen LogP contribution is 2.36. The summed E-state index contributed by atoms with van der Waals surface area (Å²) in [5.41, 5.74) is 1.29. The molecular weight excluding hydrogens is 340 g/mol. The highest BCUT2D eigenvalue weighted by molar-refractivity contribution is 7.80. The van der Waals surface area contributed by atoms with E-state index in [0.29, 0.717) is 27.9 Å². The molecule has 0 radical (unpaired) electrons. The molecule has 2 rings (SSSR count). The molecular formula is C18H24N2O4S. The maximum Gasteiger partial charge on any atom is 0.338 e. The Morgan fingerprint density at radius 1 is 1.20 bits per heavy atom. The Kier molecular flexibility index (Phi) is 5.57. The first kappa shape index (κ1) is 19.1. The van der Waals surface area contributed by atoms with Crippen molar-refractivity contribution in [1.82, 2.24) is 10.6 Å². The van der Waals surface area contributed by atoms with E-state index in [-0.39, 0.29) is 0 Å². The van der Waals surface area contributed by atoms with E-state index in [1.165, 1.54) is 0 Å². The Morgan fingerprint density at radius 2 is 1.88 bits per heavy atom. The van der Waals surface area contributed by atoms with Crippen molar-refractivity contribution in [3.8, 4) is 11.5 Å². The fraction of sp³-hybridized carbons (Fsp3) is 0.444. The van der Waals surface area contributed by atoms with Crippen molar-refractivity contribution in [3.63, 3.8) is 0 Å². The summed E-state index contributed by atoms with van der Waals surface area (Å²) in [5.74, 6) is 0.849. The molecule has 1 aliphatic rings. The monoisotopic (exact) mass is 364 g/mol. The molecule has 1 aromatic carbocycles. The van der Waals surface area contributed by atoms with Gasteiger partial charge in [0.15, 0.2) is 5.11 Å². The van der Waals surface area contributed by atoms with Gasteiger partial charge in [0.2, 0.25) is 0 Å². The minimum Gasteiger partial charge on any atom is -0.497 e. The third kappa shape index (κ3) is 4.42. The summed E-state index contributed by atoms with van der Waals surface area (Å²) in [4.78, 5) is 12.8. The number of allylic oxidation sites excluding steroid dienone is 1. The Balaban J connectivity index is 2.51. The summed E-state index contributed by atoms with van der Waals surface area (Å²) in [6.07, 6.45) is 0. The number of thiocarbonyl (C=S) groups is 1. The molecule has 1 aliphatic heterocycles. The number of ether oxygens (including phenoxy) is 3. The lowest BCUT2D eigenvalue weighted by Crippen LogP contribution is -2.46. The number of benzene rings is 1. The topological polar surface area (TPSA) is 68.8 Å². The highest BCUT2D eigenvalue weighted by Gasteiger charge is 2.34. The minimum atomic E-state index is -0.600. The van der Waals surface area contributed by atoms with Crippen molar-refractivity contribution in [1.29, 1.82) is 0 Å². The van der Waals surface area contributed by atoms with E-state index in [0.717, 1.165) is 5.56 Å². The third-order valence-corrected chi connectivity index (χ3v) is 3.86. The lowest BCUT2D eigenvalue weighted by molar-refractivity contribution is -0.150. The van der Waals surface area contributed by atoms with E-state index in [1.807, 2.05) is 32.9 Å². The smallest absolute Gasteiger partial charge is 0.338 e. The van der Waals surface area contributed by atoms with Crippen LogP contribution in [-0.2, 0) is 9.53 Å². The standard InChI is InChI=1S/C18H24N2O4S/c1-10-14(16(21)24-18(2,3)4)15(20-17(25)19-10)12-8-7-11(22-5)9-13(12)23-6/h7-9,15H,1-6H3,(H2,19,20,25)/t15-/m0/s1. The molecule has 136 valence electrons. The van der Waals surface area contributed by atoms with E-state index in [2.05, 4.69) is 10.6 Å². The largest absolute Gasteiger partial charge is 0.497 e. The van der Waals surface area contributed by atoms with Crippen molar-refractivity contribution in [2.45, 2.75) is 39.3 Å². The lowest BCUT2D eigenvalue weighted by atomic mass is 9.94. The van der Waals surface area contributed by atoms with Crippen LogP contribution in [0.4, 0.5) is 0 Å². The zero-order valence-electron chi connectivity index (χ0n) is 15.4. The van der Waals surface area contributed by atoms with Crippen molar-refractivity contribution >= 4 is 23.3 Å². The van der Waals surface area contributed by atoms with Crippen LogP contribution in [-0.4, -0.2) is 30.9 Å². The van der Waals surface area contributed by atoms with Crippen LogP contribution in [0, 0.1) is 0 Å². The zero-order valence-corrected chi connectivity index (χ0v) is 16.2. The number of hydrogen-bond acceptors (Lipinski definition) is 5. The molecule has 1 heterocycles. The van der Waals surface area contributed by atoms with Gasteiger partial charge in [-0.2, -0.15) is 0 Å². The second-order valence-corrected chi connectivity index (χ2v) is 7.09. The normalized spacial score (nSPS) is 17.5. The van der Waals surface area contributed by atoms with Crippen LogP contribution in [0.1, 0.15) is 39.3 Å². The van der Waals surface area contributed by atoms with Gasteiger partial charge >= 0.3 is 5.97 Å². The number of carbonyl (C=O) groups excluding carboxylic acids is 1. The van der Waals surface area contributed by atoms with Crippen LogP contribution in [0.15, 0.2) is 29.5 Å². The zero-order chi connectivity index (χ0) is 18.8. The van der Waals surface area contributed by atoms with Crippen molar-refractivity contribution in [2.24, 2.45) is 0 Å². The number of carbonyl (C=O) groups is 1. The second-order valence-electron chi connectivity index (χ2n) is 6.68. The fourth-order valence-electron chi connectivity index (χ4n) is 2.59. The number of nitrogens with one attached hydrogen (secondary N) is 2. The van der Waals surface area contributed by atoms with E-state index < -0.39 is 17.6 Å². The van der Waals surface area contributed by atoms with Crippen LogP contribution in [0.3, 0.4) is 0 Å². The van der Waals surface area contributed by atoms with E-state index in [9.17, 15) is 4.79 Å². The van der Waals surface area contributed by atoms with Crippen LogP contribution < -0.4 is 20.1 Å². The molecule has 0 bridgehead atoms. The molecule has 0 saturated carbocycles. The van der Waals surface area contributed by atoms with Gasteiger partial charge in [-0.25, -0.2) is 4.79 Å². The Hall–Kier alpha value is -2.28. The van der Waals surface area contributed by atoms with Gasteiger partial charge in [-0.05, 0) is 52.0 Å². The summed E-state index contributed by atoms with van der Waals surface area (Å²) in [5, 5.41) is 6.56. The van der Waals surface area contributed by atoms with Crippen molar-refractivity contribution < 1.29 is 19.0 Å². The van der Waals surface area contributed by atoms with Crippen molar-refractivity contribution in [2.75, 3.05) is 14.2 Å². The summed E-state index contributed by atoms with van der Waals surface area (Å²) in [6, 6.07) is 4.95. The molecule has 7 heteroatoms. The first-order valence-electron chi connectivity index (χ1n) is 7.90. The highest BCUT2D eigenvalue weighted by atomic mass is 32.1. The molecule has 2 N–H and O–H groups in total. The van der Waals surface area contributed by atoms with Gasteiger partial charge in [0.1, 0.15) is 17.1 Å². The van der Waals surface area contributed by atoms with Crippen LogP contribution in [0.5, 0.6) is 11.5 Å². The van der Waals surface area contributed by atoms with E-state index in [4.69, 9.17) is 26.4 Å². The number of rotatable bonds is 4. The SMILES string of the molecule is COc1ccc([C@@H]2NC(=S)NC(C)=C2C(=O)OC(C)(C)C)c(OC)c1. The Labute approximate surface area is 153 Å². The predicted molar refractivity (Wildman–Crippen MR) is 99.7 cm³/mol. The molecule has 0 amide bonds. The minimum absolute atomic E-state index is 0.407. The fourth-order valence-corrected chi connectivity index (χ4v) is 2.86. The van der Waals surface area contributed by atoms with Crippen LogP contribution in [0.25, 0.3) is 0 Å². The Morgan fingerprint density at radius 3 is 2.44 bits per heavy atom. The van der Waals surface area contributed by atoms with Gasteiger partial charge in [0.25, 0.3) is 0 Å². The molecule has 0 aliphatic carbocycles. The maximum absolute atomic E-state index is 12.8. The average Bonchev–Trinajstić information content (AvgIpc) is 2.51. The average molecular weight is 364 g/mol. The van der Waals surface area contributed by atoms with E-state index in [1.54, 1.807) is 27.2 Å². The molecule has 1 atom stereocenters. The van der Waals surface area contributed by atoms with E-state index >= 15 is 0 Å². The van der Waals surface area contributed by atoms with Gasteiger partial charge in [-0.1, -0.05) is 0 Å². The van der Waals surface area contributed by atoms with Crippen LogP contribution in [0.2, 0.25) is 0 Å². The van der Waals surface area contributed by atoms with Crippen molar-refractivity contribution in [3.05, 3.63) is 35.0 Å². The molecule has 6 nitrogen and oxygen atoms in total. The first-order chi connectivity index (χ1) is 11.7. The summed E-state index contributed by atoms with van der Waals surface area (Å²) in [7, 11) is 3.16. The second kappa shape index (κ2) is 7.31. The van der Waals surface area contributed by atoms with Gasteiger partial charge in [-0.15, -0.1) is 0 Å². The molecule has 0 unspecified atom stereocenters. The molecule has 25 heavy (non-hydrogen) atoms. The summed E-state index contributed by atoms with van der Waals surface area (Å²) >= 11 is 5.26. The molecule has 0 saturated heterocycles. The first-order valence-corrected chi connectivity index (χ1v) is 8.30. The van der Waals surface area contributed by atoms with Gasteiger partial charge in [0, 0.05) is 17.3 Å². The lowest BCUT2D eigenvalue weighted by Gasteiger charge is -2.32.